The summed E-state index contributed by atoms with van der Waals surface area (Å²) in [5, 5.41) is 9.34. The van der Waals surface area contributed by atoms with E-state index >= 15 is 0 Å². The molecule has 1 aromatic carbocycles. The Bertz CT molecular complexity index is 510. The highest BCUT2D eigenvalue weighted by Crippen LogP contribution is 2.35. The summed E-state index contributed by atoms with van der Waals surface area (Å²) in [5.41, 5.74) is 2.64. The molecule has 0 radical (unpaired) electrons. The molecular weight excluding hydrogens is 278 g/mol. The molecule has 0 bridgehead atoms. The monoisotopic (exact) mass is 287 g/mol. The molecule has 0 atom stereocenters. The molecule has 2 rings (SSSR count). The van der Waals surface area contributed by atoms with Crippen LogP contribution in [0.2, 0.25) is 0 Å². The summed E-state index contributed by atoms with van der Waals surface area (Å²) in [6, 6.07) is 1.95. The number of rotatable bonds is 2. The van der Waals surface area contributed by atoms with Gasteiger partial charge in [-0.15, -0.1) is 11.3 Å². The van der Waals surface area contributed by atoms with Gasteiger partial charge >= 0.3 is 0 Å². The van der Waals surface area contributed by atoms with E-state index in [1.54, 1.807) is 7.11 Å². The lowest BCUT2D eigenvalue weighted by molar-refractivity contribution is 0.281. The number of hydrogen-bond acceptors (Lipinski definition) is 4. The zero-order valence-corrected chi connectivity index (χ0v) is 10.8. The maximum atomic E-state index is 9.34. The fourth-order valence-electron chi connectivity index (χ4n) is 1.58. The van der Waals surface area contributed by atoms with Crippen molar-refractivity contribution in [3.05, 3.63) is 21.1 Å². The van der Waals surface area contributed by atoms with E-state index in [9.17, 15) is 5.11 Å². The highest BCUT2D eigenvalue weighted by Gasteiger charge is 2.13. The van der Waals surface area contributed by atoms with Crippen LogP contribution in [0.5, 0.6) is 5.75 Å². The van der Waals surface area contributed by atoms with E-state index < -0.39 is 0 Å². The Morgan fingerprint density at radius 1 is 1.60 bits per heavy atom. The van der Waals surface area contributed by atoms with Gasteiger partial charge in [-0.2, -0.15) is 0 Å². The summed E-state index contributed by atoms with van der Waals surface area (Å²) < 4.78 is 7.10. The summed E-state index contributed by atoms with van der Waals surface area (Å²) in [7, 11) is 1.63. The molecule has 0 unspecified atom stereocenters. The van der Waals surface area contributed by atoms with Gasteiger partial charge in [0.15, 0.2) is 3.92 Å². The second-order valence-electron chi connectivity index (χ2n) is 3.15. The van der Waals surface area contributed by atoms with Crippen LogP contribution in [-0.2, 0) is 6.61 Å². The molecule has 1 heterocycles. The Morgan fingerprint density at radius 3 is 2.93 bits per heavy atom. The molecule has 0 spiro atoms. The van der Waals surface area contributed by atoms with Crippen LogP contribution in [0.3, 0.4) is 0 Å². The molecule has 0 saturated carbocycles. The quantitative estimate of drug-likeness (QED) is 0.924. The van der Waals surface area contributed by atoms with Crippen LogP contribution >= 0.6 is 27.3 Å². The lowest BCUT2D eigenvalue weighted by atomic mass is 10.1. The Hall–Kier alpha value is -0.650. The molecule has 0 saturated heterocycles. The Kier molecular flexibility index (Phi) is 2.95. The molecule has 0 aliphatic rings. The van der Waals surface area contributed by atoms with Gasteiger partial charge in [0.2, 0.25) is 0 Å². The predicted octanol–water partition coefficient (Wildman–Crippen LogP) is 2.87. The SMILES string of the molecule is COc1cc2sc(Br)nc2c(CO)c1C. The highest BCUT2D eigenvalue weighted by atomic mass is 79.9. The van der Waals surface area contributed by atoms with E-state index in [0.717, 1.165) is 31.0 Å². The van der Waals surface area contributed by atoms with E-state index in [-0.39, 0.29) is 6.61 Å². The smallest absolute Gasteiger partial charge is 0.160 e. The van der Waals surface area contributed by atoms with E-state index in [1.807, 2.05) is 13.0 Å². The Labute approximate surface area is 99.8 Å². The first-order valence-electron chi connectivity index (χ1n) is 4.40. The maximum Gasteiger partial charge on any atom is 0.160 e. The number of thiazole rings is 1. The van der Waals surface area contributed by atoms with Gasteiger partial charge in [-0.3, -0.25) is 0 Å². The van der Waals surface area contributed by atoms with Gasteiger partial charge in [-0.25, -0.2) is 4.98 Å². The minimum atomic E-state index is -0.0181. The van der Waals surface area contributed by atoms with Gasteiger partial charge < -0.3 is 9.84 Å². The van der Waals surface area contributed by atoms with Gasteiger partial charge in [0.25, 0.3) is 0 Å². The number of fused-ring (bicyclic) bond motifs is 1. The van der Waals surface area contributed by atoms with Gasteiger partial charge in [0.1, 0.15) is 5.75 Å². The first-order valence-corrected chi connectivity index (χ1v) is 6.01. The Morgan fingerprint density at radius 2 is 2.33 bits per heavy atom. The minimum Gasteiger partial charge on any atom is -0.496 e. The summed E-state index contributed by atoms with van der Waals surface area (Å²) in [6.45, 7) is 1.91. The van der Waals surface area contributed by atoms with Crippen molar-refractivity contribution in [1.29, 1.82) is 0 Å². The molecular formula is C10H10BrNO2S. The number of aliphatic hydroxyl groups is 1. The van der Waals surface area contributed by atoms with Gasteiger partial charge in [0, 0.05) is 5.56 Å². The summed E-state index contributed by atoms with van der Waals surface area (Å²) in [4.78, 5) is 4.34. The predicted molar refractivity (Wildman–Crippen MR) is 64.5 cm³/mol. The Balaban J connectivity index is 2.82. The number of methoxy groups -OCH3 is 1. The molecule has 0 amide bonds. The standard InChI is InChI=1S/C10H10BrNO2S/c1-5-6(4-13)9-8(3-7(5)14-2)15-10(11)12-9/h3,13H,4H2,1-2H3. The van der Waals surface area contributed by atoms with Crippen LogP contribution in [0.25, 0.3) is 10.2 Å². The third-order valence-electron chi connectivity index (χ3n) is 2.38. The van der Waals surface area contributed by atoms with E-state index in [2.05, 4.69) is 20.9 Å². The molecule has 2 aromatic rings. The summed E-state index contributed by atoms with van der Waals surface area (Å²) >= 11 is 4.88. The fraction of sp³-hybridized carbons (Fsp3) is 0.300. The first kappa shape index (κ1) is 10.9. The van der Waals surface area contributed by atoms with Crippen molar-refractivity contribution >= 4 is 37.5 Å². The molecule has 0 aliphatic carbocycles. The molecule has 0 aliphatic heterocycles. The summed E-state index contributed by atoms with van der Waals surface area (Å²) in [6.07, 6.45) is 0. The number of aromatic nitrogens is 1. The minimum absolute atomic E-state index is 0.0181. The lowest BCUT2D eigenvalue weighted by Gasteiger charge is -2.08. The number of ether oxygens (including phenoxy) is 1. The van der Waals surface area contributed by atoms with Crippen molar-refractivity contribution in [2.75, 3.05) is 7.11 Å². The second-order valence-corrected chi connectivity index (χ2v) is 5.46. The molecule has 1 aromatic heterocycles. The van der Waals surface area contributed by atoms with Crippen LogP contribution in [-0.4, -0.2) is 17.2 Å². The van der Waals surface area contributed by atoms with Crippen molar-refractivity contribution < 1.29 is 9.84 Å². The van der Waals surface area contributed by atoms with Gasteiger partial charge in [-0.05, 0) is 34.5 Å². The van der Waals surface area contributed by atoms with Crippen molar-refractivity contribution in [2.24, 2.45) is 0 Å². The highest BCUT2D eigenvalue weighted by molar-refractivity contribution is 9.11. The molecule has 0 fully saturated rings. The average Bonchev–Trinajstić information content (AvgIpc) is 2.57. The van der Waals surface area contributed by atoms with Crippen LogP contribution in [0, 0.1) is 6.92 Å². The molecule has 5 heteroatoms. The maximum absolute atomic E-state index is 9.34. The van der Waals surface area contributed by atoms with Crippen molar-refractivity contribution in [3.63, 3.8) is 0 Å². The lowest BCUT2D eigenvalue weighted by Crippen LogP contribution is -1.95. The summed E-state index contributed by atoms with van der Waals surface area (Å²) in [5.74, 6) is 0.794. The topological polar surface area (TPSA) is 42.4 Å². The van der Waals surface area contributed by atoms with Crippen LogP contribution < -0.4 is 4.74 Å². The number of aliphatic hydroxyl groups excluding tert-OH is 1. The largest absolute Gasteiger partial charge is 0.496 e. The normalized spacial score (nSPS) is 10.9. The van der Waals surface area contributed by atoms with Crippen LogP contribution in [0.15, 0.2) is 9.98 Å². The van der Waals surface area contributed by atoms with Crippen molar-refractivity contribution in [2.45, 2.75) is 13.5 Å². The van der Waals surface area contributed by atoms with E-state index in [4.69, 9.17) is 4.74 Å². The van der Waals surface area contributed by atoms with Gasteiger partial charge in [0.05, 0.1) is 23.9 Å². The third-order valence-corrected chi connectivity index (χ3v) is 3.83. The molecule has 3 nitrogen and oxygen atoms in total. The van der Waals surface area contributed by atoms with Gasteiger partial charge in [-0.1, -0.05) is 0 Å². The van der Waals surface area contributed by atoms with Crippen molar-refractivity contribution in [3.8, 4) is 5.75 Å². The van der Waals surface area contributed by atoms with E-state index in [0.29, 0.717) is 0 Å². The fourth-order valence-corrected chi connectivity index (χ4v) is 3.03. The molecule has 1 N–H and O–H groups in total. The first-order chi connectivity index (χ1) is 7.17. The zero-order chi connectivity index (χ0) is 11.0. The van der Waals surface area contributed by atoms with Crippen LogP contribution in [0.4, 0.5) is 0 Å². The molecule has 80 valence electrons. The van der Waals surface area contributed by atoms with E-state index in [1.165, 1.54) is 11.3 Å². The van der Waals surface area contributed by atoms with Crippen molar-refractivity contribution in [1.82, 2.24) is 4.98 Å². The number of nitrogens with zero attached hydrogens (tertiary/aromatic N) is 1. The van der Waals surface area contributed by atoms with Crippen LogP contribution in [0.1, 0.15) is 11.1 Å². The second kappa shape index (κ2) is 4.08. The third kappa shape index (κ3) is 1.75. The number of hydrogen-bond donors (Lipinski definition) is 1. The number of benzene rings is 1. The number of halogens is 1. The zero-order valence-electron chi connectivity index (χ0n) is 8.37. The molecule has 15 heavy (non-hydrogen) atoms. The average molecular weight is 288 g/mol.